The normalized spacial score (nSPS) is 22.2. The lowest BCUT2D eigenvalue weighted by atomic mass is 10.0. The van der Waals surface area contributed by atoms with Crippen molar-refractivity contribution in [2.24, 2.45) is 5.92 Å². The number of amides is 1. The van der Waals surface area contributed by atoms with Crippen LogP contribution in [0.25, 0.3) is 0 Å². The molecule has 0 aromatic rings. The van der Waals surface area contributed by atoms with Gasteiger partial charge in [-0.25, -0.2) is 4.79 Å². The highest BCUT2D eigenvalue weighted by molar-refractivity contribution is 5.67. The fourth-order valence-corrected chi connectivity index (χ4v) is 1.46. The molecule has 0 N–H and O–H groups in total. The van der Waals surface area contributed by atoms with Gasteiger partial charge in [-0.1, -0.05) is 0 Å². The summed E-state index contributed by atoms with van der Waals surface area (Å²) in [6.45, 7) is 3.42. The van der Waals surface area contributed by atoms with E-state index in [2.05, 4.69) is 6.07 Å². The zero-order chi connectivity index (χ0) is 9.68. The minimum Gasteiger partial charge on any atom is -0.450 e. The average molecular weight is 182 g/mol. The molecule has 1 amide bonds. The van der Waals surface area contributed by atoms with Crippen LogP contribution in [0.1, 0.15) is 19.8 Å². The van der Waals surface area contributed by atoms with Crippen molar-refractivity contribution in [3.05, 3.63) is 0 Å². The second-order valence-electron chi connectivity index (χ2n) is 3.11. The van der Waals surface area contributed by atoms with Crippen molar-refractivity contribution in [2.45, 2.75) is 19.8 Å². The van der Waals surface area contributed by atoms with Crippen LogP contribution < -0.4 is 0 Å². The molecule has 1 atom stereocenters. The van der Waals surface area contributed by atoms with Gasteiger partial charge in [0.1, 0.15) is 0 Å². The van der Waals surface area contributed by atoms with Crippen molar-refractivity contribution in [1.82, 2.24) is 4.90 Å². The van der Waals surface area contributed by atoms with Gasteiger partial charge in [0.25, 0.3) is 0 Å². The molecule has 4 nitrogen and oxygen atoms in total. The molecule has 1 aliphatic rings. The molecule has 0 aromatic carbocycles. The van der Waals surface area contributed by atoms with E-state index in [0.29, 0.717) is 13.2 Å². The molecule has 0 spiro atoms. The molecule has 13 heavy (non-hydrogen) atoms. The maximum absolute atomic E-state index is 11.3. The molecule has 1 aliphatic heterocycles. The van der Waals surface area contributed by atoms with Crippen LogP contribution in [0.5, 0.6) is 0 Å². The van der Waals surface area contributed by atoms with Crippen molar-refractivity contribution >= 4 is 6.09 Å². The van der Waals surface area contributed by atoms with Crippen LogP contribution in [-0.4, -0.2) is 30.7 Å². The standard InChI is InChI=1S/C9H14N2O2/c1-2-13-9(12)11-5-3-4-8(6-10)7-11/h8H,2-5,7H2,1H3. The Morgan fingerprint density at radius 2 is 2.54 bits per heavy atom. The zero-order valence-corrected chi connectivity index (χ0v) is 7.82. The van der Waals surface area contributed by atoms with Crippen LogP contribution >= 0.6 is 0 Å². The number of rotatable bonds is 1. The van der Waals surface area contributed by atoms with E-state index < -0.39 is 0 Å². The van der Waals surface area contributed by atoms with Gasteiger partial charge < -0.3 is 9.64 Å². The van der Waals surface area contributed by atoms with E-state index in [9.17, 15) is 4.79 Å². The number of nitriles is 1. The molecule has 1 heterocycles. The van der Waals surface area contributed by atoms with Gasteiger partial charge in [-0.3, -0.25) is 0 Å². The van der Waals surface area contributed by atoms with E-state index in [1.165, 1.54) is 0 Å². The quantitative estimate of drug-likeness (QED) is 0.615. The minimum atomic E-state index is -0.289. The molecule has 0 bridgehead atoms. The fourth-order valence-electron chi connectivity index (χ4n) is 1.46. The second-order valence-corrected chi connectivity index (χ2v) is 3.11. The van der Waals surface area contributed by atoms with E-state index in [-0.39, 0.29) is 12.0 Å². The fraction of sp³-hybridized carbons (Fsp3) is 0.778. The van der Waals surface area contributed by atoms with Gasteiger partial charge in [-0.15, -0.1) is 0 Å². The number of nitrogens with zero attached hydrogens (tertiary/aromatic N) is 2. The zero-order valence-electron chi connectivity index (χ0n) is 7.82. The predicted molar refractivity (Wildman–Crippen MR) is 46.9 cm³/mol. The molecule has 0 saturated carbocycles. The van der Waals surface area contributed by atoms with Gasteiger partial charge in [0.15, 0.2) is 0 Å². The highest BCUT2D eigenvalue weighted by Gasteiger charge is 2.23. The van der Waals surface area contributed by atoms with Gasteiger partial charge in [0.2, 0.25) is 0 Å². The van der Waals surface area contributed by atoms with E-state index >= 15 is 0 Å². The first-order valence-corrected chi connectivity index (χ1v) is 4.59. The summed E-state index contributed by atoms with van der Waals surface area (Å²) in [5.41, 5.74) is 0. The Kier molecular flexibility index (Phi) is 3.56. The first kappa shape index (κ1) is 9.85. The SMILES string of the molecule is CCOC(=O)N1CCCC(C#N)C1. The lowest BCUT2D eigenvalue weighted by molar-refractivity contribution is 0.0940. The second kappa shape index (κ2) is 4.70. The third-order valence-electron chi connectivity index (χ3n) is 2.13. The van der Waals surface area contributed by atoms with Crippen LogP contribution in [0.15, 0.2) is 0 Å². The smallest absolute Gasteiger partial charge is 0.409 e. The Bertz CT molecular complexity index is 222. The third kappa shape index (κ3) is 2.62. The summed E-state index contributed by atoms with van der Waals surface area (Å²) in [5.74, 6) is -0.0156. The summed E-state index contributed by atoms with van der Waals surface area (Å²) in [5, 5.41) is 8.69. The van der Waals surface area contributed by atoms with Crippen molar-refractivity contribution in [1.29, 1.82) is 5.26 Å². The lowest BCUT2D eigenvalue weighted by Crippen LogP contribution is -2.39. The molecule has 1 saturated heterocycles. The molecule has 0 radical (unpaired) electrons. The van der Waals surface area contributed by atoms with Gasteiger partial charge in [0.05, 0.1) is 18.6 Å². The Morgan fingerprint density at radius 3 is 3.15 bits per heavy atom. The van der Waals surface area contributed by atoms with Crippen molar-refractivity contribution in [2.75, 3.05) is 19.7 Å². The predicted octanol–water partition coefficient (Wildman–Crippen LogP) is 1.38. The van der Waals surface area contributed by atoms with Crippen molar-refractivity contribution in [3.8, 4) is 6.07 Å². The van der Waals surface area contributed by atoms with Crippen LogP contribution in [0.4, 0.5) is 4.79 Å². The Labute approximate surface area is 78.1 Å². The maximum atomic E-state index is 11.3. The number of carbonyl (C=O) groups excluding carboxylic acids is 1. The van der Waals surface area contributed by atoms with Crippen LogP contribution in [0, 0.1) is 17.2 Å². The van der Waals surface area contributed by atoms with Gasteiger partial charge >= 0.3 is 6.09 Å². The van der Waals surface area contributed by atoms with E-state index in [1.807, 2.05) is 0 Å². The molecule has 0 aromatic heterocycles. The Balaban J connectivity index is 2.42. The summed E-state index contributed by atoms with van der Waals surface area (Å²) >= 11 is 0. The molecular weight excluding hydrogens is 168 g/mol. The van der Waals surface area contributed by atoms with E-state index in [1.54, 1.807) is 11.8 Å². The van der Waals surface area contributed by atoms with Crippen molar-refractivity contribution < 1.29 is 9.53 Å². The summed E-state index contributed by atoms with van der Waals surface area (Å²) in [4.78, 5) is 12.9. The third-order valence-corrected chi connectivity index (χ3v) is 2.13. The monoisotopic (exact) mass is 182 g/mol. The summed E-state index contributed by atoms with van der Waals surface area (Å²) in [6, 6.07) is 2.18. The van der Waals surface area contributed by atoms with E-state index in [0.717, 1.165) is 19.4 Å². The number of carbonyl (C=O) groups is 1. The highest BCUT2D eigenvalue weighted by Crippen LogP contribution is 2.15. The van der Waals surface area contributed by atoms with Crippen LogP contribution in [0.3, 0.4) is 0 Å². The van der Waals surface area contributed by atoms with Crippen LogP contribution in [-0.2, 0) is 4.74 Å². The maximum Gasteiger partial charge on any atom is 0.409 e. The molecule has 1 fully saturated rings. The number of hydrogen-bond acceptors (Lipinski definition) is 3. The average Bonchev–Trinajstić information content (AvgIpc) is 2.18. The summed E-state index contributed by atoms with van der Waals surface area (Å²) in [6.07, 6.45) is 1.51. The first-order chi connectivity index (χ1) is 6.27. The molecule has 4 heteroatoms. The molecule has 1 unspecified atom stereocenters. The summed E-state index contributed by atoms with van der Waals surface area (Å²) in [7, 11) is 0. The topological polar surface area (TPSA) is 53.3 Å². The van der Waals surface area contributed by atoms with E-state index in [4.69, 9.17) is 10.00 Å². The number of hydrogen-bond donors (Lipinski definition) is 0. The number of likely N-dealkylation sites (tertiary alicyclic amines) is 1. The Hall–Kier alpha value is -1.24. The Morgan fingerprint density at radius 1 is 1.77 bits per heavy atom. The van der Waals surface area contributed by atoms with Crippen molar-refractivity contribution in [3.63, 3.8) is 0 Å². The molecule has 1 rings (SSSR count). The first-order valence-electron chi connectivity index (χ1n) is 4.59. The lowest BCUT2D eigenvalue weighted by Gasteiger charge is -2.28. The molecular formula is C9H14N2O2. The van der Waals surface area contributed by atoms with Gasteiger partial charge in [0, 0.05) is 13.1 Å². The number of piperidine rings is 1. The molecule has 0 aliphatic carbocycles. The van der Waals surface area contributed by atoms with Crippen LogP contribution in [0.2, 0.25) is 0 Å². The number of ether oxygens (including phenoxy) is 1. The largest absolute Gasteiger partial charge is 0.450 e. The van der Waals surface area contributed by atoms with Gasteiger partial charge in [-0.05, 0) is 19.8 Å². The molecule has 72 valence electrons. The van der Waals surface area contributed by atoms with Gasteiger partial charge in [-0.2, -0.15) is 5.26 Å². The summed E-state index contributed by atoms with van der Waals surface area (Å²) < 4.78 is 4.85. The highest BCUT2D eigenvalue weighted by atomic mass is 16.6. The minimum absolute atomic E-state index is 0.0156.